The van der Waals surface area contributed by atoms with Crippen molar-refractivity contribution in [3.63, 3.8) is 0 Å². The molecule has 1 rings (SSSR count). The average molecular weight is 321 g/mol. The fraction of sp³-hybridized carbons (Fsp3) is 0.200. The van der Waals surface area contributed by atoms with Gasteiger partial charge in [-0.2, -0.15) is 0 Å². The Balaban J connectivity index is 3.20. The molecule has 4 heteroatoms. The third kappa shape index (κ3) is 2.38. The monoisotopic (exact) mass is 319 g/mol. The molecule has 0 aliphatic carbocycles. The summed E-state index contributed by atoms with van der Waals surface area (Å²) in [4.78, 5) is 0. The van der Waals surface area contributed by atoms with E-state index in [1.54, 1.807) is 13.2 Å². The maximum atomic E-state index is 5.82. The van der Waals surface area contributed by atoms with Gasteiger partial charge in [0.1, 0.15) is 5.75 Å². The molecule has 0 saturated carbocycles. The lowest BCUT2D eigenvalue weighted by Crippen LogP contribution is -2.06. The van der Waals surface area contributed by atoms with E-state index in [1.807, 2.05) is 12.1 Å². The molecule has 76 valence electrons. The second-order valence-electron chi connectivity index (χ2n) is 2.78. The Hall–Kier alpha value is -0.320. The van der Waals surface area contributed by atoms with Crippen LogP contribution in [0.25, 0.3) is 0 Å². The minimum atomic E-state index is -0.159. The second-order valence-corrected chi connectivity index (χ2v) is 4.49. The number of ether oxygens (including phenoxy) is 1. The van der Waals surface area contributed by atoms with Gasteiger partial charge in [0.2, 0.25) is 0 Å². The summed E-state index contributed by atoms with van der Waals surface area (Å²) >= 11 is 6.82. The predicted octanol–water partition coefficient (Wildman–Crippen LogP) is 3.41. The molecular formula is C10H11Br2NO. The normalized spacial score (nSPS) is 12.3. The third-order valence-corrected chi connectivity index (χ3v) is 3.04. The van der Waals surface area contributed by atoms with Crippen molar-refractivity contribution < 1.29 is 4.74 Å². The van der Waals surface area contributed by atoms with Crippen LogP contribution in [-0.2, 0) is 0 Å². The first-order chi connectivity index (χ1) is 6.60. The third-order valence-electron chi connectivity index (χ3n) is 1.86. The number of halogens is 2. The van der Waals surface area contributed by atoms with Crippen molar-refractivity contribution in [2.45, 2.75) is 6.04 Å². The average Bonchev–Trinajstić information content (AvgIpc) is 2.16. The van der Waals surface area contributed by atoms with Gasteiger partial charge in [-0.1, -0.05) is 6.08 Å². The Bertz CT molecular complexity index is 329. The first kappa shape index (κ1) is 11.8. The fourth-order valence-corrected chi connectivity index (χ4v) is 2.65. The van der Waals surface area contributed by atoms with Gasteiger partial charge in [0.05, 0.1) is 16.1 Å². The van der Waals surface area contributed by atoms with Gasteiger partial charge in [0.25, 0.3) is 0 Å². The molecule has 0 amide bonds. The Morgan fingerprint density at radius 1 is 1.43 bits per heavy atom. The molecule has 0 heterocycles. The molecule has 0 radical (unpaired) electrons. The van der Waals surface area contributed by atoms with Gasteiger partial charge in [-0.05, 0) is 49.6 Å². The molecule has 2 N–H and O–H groups in total. The molecule has 14 heavy (non-hydrogen) atoms. The Kier molecular flexibility index (Phi) is 4.16. The van der Waals surface area contributed by atoms with E-state index >= 15 is 0 Å². The highest BCUT2D eigenvalue weighted by Crippen LogP contribution is 2.35. The first-order valence-corrected chi connectivity index (χ1v) is 5.59. The molecule has 0 aliphatic heterocycles. The summed E-state index contributed by atoms with van der Waals surface area (Å²) in [6, 6.07) is 3.69. The number of benzene rings is 1. The quantitative estimate of drug-likeness (QED) is 0.866. The summed E-state index contributed by atoms with van der Waals surface area (Å²) in [5, 5.41) is 0. The van der Waals surface area contributed by atoms with Crippen LogP contribution in [0.15, 0.2) is 33.7 Å². The van der Waals surface area contributed by atoms with Crippen molar-refractivity contribution >= 4 is 31.9 Å². The SMILES string of the molecule is C=CC(N)c1cc(Br)c(OC)c(Br)c1. The Labute approximate surface area is 100 Å². The van der Waals surface area contributed by atoms with Crippen LogP contribution in [0.5, 0.6) is 5.75 Å². The van der Waals surface area contributed by atoms with Crippen LogP contribution in [0.4, 0.5) is 0 Å². The van der Waals surface area contributed by atoms with E-state index in [2.05, 4.69) is 38.4 Å². The van der Waals surface area contributed by atoms with Gasteiger partial charge in [0, 0.05) is 6.04 Å². The summed E-state index contributed by atoms with van der Waals surface area (Å²) in [6.45, 7) is 3.65. The number of methoxy groups -OCH3 is 1. The van der Waals surface area contributed by atoms with Crippen molar-refractivity contribution in [3.8, 4) is 5.75 Å². The van der Waals surface area contributed by atoms with E-state index < -0.39 is 0 Å². The van der Waals surface area contributed by atoms with Gasteiger partial charge < -0.3 is 10.5 Å². The lowest BCUT2D eigenvalue weighted by atomic mass is 10.1. The van der Waals surface area contributed by atoms with Crippen LogP contribution in [0, 0.1) is 0 Å². The van der Waals surface area contributed by atoms with Gasteiger partial charge >= 0.3 is 0 Å². The summed E-state index contributed by atoms with van der Waals surface area (Å²) in [5.74, 6) is 0.769. The smallest absolute Gasteiger partial charge is 0.147 e. The topological polar surface area (TPSA) is 35.2 Å². The zero-order valence-corrected chi connectivity index (χ0v) is 10.9. The molecular weight excluding hydrogens is 310 g/mol. The molecule has 0 saturated heterocycles. The zero-order chi connectivity index (χ0) is 10.7. The predicted molar refractivity (Wildman–Crippen MR) is 65.5 cm³/mol. The summed E-state index contributed by atoms with van der Waals surface area (Å²) < 4.78 is 6.94. The van der Waals surface area contributed by atoms with Gasteiger partial charge in [-0.3, -0.25) is 0 Å². The lowest BCUT2D eigenvalue weighted by Gasteiger charge is -2.11. The number of hydrogen-bond donors (Lipinski definition) is 1. The number of rotatable bonds is 3. The standard InChI is InChI=1S/C10H11Br2NO/c1-3-9(13)6-4-7(11)10(14-2)8(12)5-6/h3-5,9H,1,13H2,2H3. The number of nitrogens with two attached hydrogens (primary N) is 1. The van der Waals surface area contributed by atoms with Crippen LogP contribution < -0.4 is 10.5 Å². The lowest BCUT2D eigenvalue weighted by molar-refractivity contribution is 0.409. The number of hydrogen-bond acceptors (Lipinski definition) is 2. The van der Waals surface area contributed by atoms with Crippen molar-refractivity contribution in [2.75, 3.05) is 7.11 Å². The Morgan fingerprint density at radius 2 is 1.93 bits per heavy atom. The second kappa shape index (κ2) is 4.96. The van der Waals surface area contributed by atoms with Gasteiger partial charge in [0.15, 0.2) is 0 Å². The van der Waals surface area contributed by atoms with E-state index in [4.69, 9.17) is 10.5 Å². The molecule has 1 aromatic rings. The molecule has 0 fully saturated rings. The molecule has 1 unspecified atom stereocenters. The maximum Gasteiger partial charge on any atom is 0.147 e. The highest BCUT2D eigenvalue weighted by atomic mass is 79.9. The van der Waals surface area contributed by atoms with Gasteiger partial charge in [-0.15, -0.1) is 6.58 Å². The van der Waals surface area contributed by atoms with E-state index in [0.29, 0.717) is 0 Å². The van der Waals surface area contributed by atoms with Gasteiger partial charge in [-0.25, -0.2) is 0 Å². The van der Waals surface area contributed by atoms with Crippen molar-refractivity contribution in [1.82, 2.24) is 0 Å². The van der Waals surface area contributed by atoms with E-state index in [1.165, 1.54) is 0 Å². The molecule has 1 aromatic carbocycles. The molecule has 1 atom stereocenters. The minimum absolute atomic E-state index is 0.159. The first-order valence-electron chi connectivity index (χ1n) is 4.01. The zero-order valence-electron chi connectivity index (χ0n) is 7.76. The maximum absolute atomic E-state index is 5.82. The molecule has 0 bridgehead atoms. The van der Waals surface area contributed by atoms with Crippen LogP contribution in [0.3, 0.4) is 0 Å². The summed E-state index contributed by atoms with van der Waals surface area (Å²) in [5.41, 5.74) is 6.81. The van der Waals surface area contributed by atoms with Crippen molar-refractivity contribution in [2.24, 2.45) is 5.73 Å². The van der Waals surface area contributed by atoms with Crippen molar-refractivity contribution in [1.29, 1.82) is 0 Å². The van der Waals surface area contributed by atoms with E-state index in [-0.39, 0.29) is 6.04 Å². The van der Waals surface area contributed by atoms with Crippen LogP contribution >= 0.6 is 31.9 Å². The highest BCUT2D eigenvalue weighted by Gasteiger charge is 2.10. The van der Waals surface area contributed by atoms with E-state index in [0.717, 1.165) is 20.3 Å². The molecule has 0 aliphatic rings. The van der Waals surface area contributed by atoms with Crippen LogP contribution in [0.2, 0.25) is 0 Å². The summed E-state index contributed by atoms with van der Waals surface area (Å²) in [7, 11) is 1.62. The molecule has 0 spiro atoms. The molecule has 2 nitrogen and oxygen atoms in total. The largest absolute Gasteiger partial charge is 0.494 e. The van der Waals surface area contributed by atoms with Crippen LogP contribution in [0.1, 0.15) is 11.6 Å². The minimum Gasteiger partial charge on any atom is -0.494 e. The van der Waals surface area contributed by atoms with E-state index in [9.17, 15) is 0 Å². The molecule has 0 aromatic heterocycles. The fourth-order valence-electron chi connectivity index (χ4n) is 1.10. The summed E-state index contributed by atoms with van der Waals surface area (Å²) in [6.07, 6.45) is 1.70. The Morgan fingerprint density at radius 3 is 2.29 bits per heavy atom. The van der Waals surface area contributed by atoms with Crippen molar-refractivity contribution in [3.05, 3.63) is 39.3 Å². The highest BCUT2D eigenvalue weighted by molar-refractivity contribution is 9.11. The van der Waals surface area contributed by atoms with Crippen LogP contribution in [-0.4, -0.2) is 7.11 Å².